The molecule has 5 nitrogen and oxygen atoms in total. The lowest BCUT2D eigenvalue weighted by atomic mass is 10.0. The van der Waals surface area contributed by atoms with Crippen molar-refractivity contribution in [1.29, 1.82) is 0 Å². The van der Waals surface area contributed by atoms with Crippen LogP contribution in [0.5, 0.6) is 11.6 Å². The first kappa shape index (κ1) is 17.3. The molecule has 9 heteroatoms. The van der Waals surface area contributed by atoms with Crippen LogP contribution >= 0.6 is 11.6 Å². The molecule has 0 aliphatic rings. The molecular weight excluding hydrogens is 381 g/mol. The lowest BCUT2D eigenvalue weighted by Gasteiger charge is -2.13. The molecule has 4 aromatic rings. The molecule has 0 amide bonds. The van der Waals surface area contributed by atoms with E-state index in [0.717, 1.165) is 12.1 Å². The minimum atomic E-state index is -4.43. The van der Waals surface area contributed by atoms with Crippen molar-refractivity contribution in [3.63, 3.8) is 0 Å². The van der Waals surface area contributed by atoms with Gasteiger partial charge in [-0.15, -0.1) is 15.3 Å². The van der Waals surface area contributed by atoms with Crippen molar-refractivity contribution in [3.05, 3.63) is 71.5 Å². The summed E-state index contributed by atoms with van der Waals surface area (Å²) in [7, 11) is 0. The fourth-order valence-electron chi connectivity index (χ4n) is 2.57. The quantitative estimate of drug-likeness (QED) is 0.479. The lowest BCUT2D eigenvalue weighted by Crippen LogP contribution is -2.04. The maximum absolute atomic E-state index is 13.0. The van der Waals surface area contributed by atoms with E-state index in [2.05, 4.69) is 15.3 Å². The summed E-state index contributed by atoms with van der Waals surface area (Å²) in [4.78, 5) is 0. The van der Waals surface area contributed by atoms with Crippen LogP contribution in [0.3, 0.4) is 0 Å². The van der Waals surface area contributed by atoms with Crippen molar-refractivity contribution < 1.29 is 17.9 Å². The molecule has 0 radical (unpaired) electrons. The smallest absolute Gasteiger partial charge is 0.416 e. The van der Waals surface area contributed by atoms with E-state index in [9.17, 15) is 13.2 Å². The van der Waals surface area contributed by atoms with Crippen LogP contribution in [0.1, 0.15) is 5.56 Å². The Balaban J connectivity index is 1.74. The highest BCUT2D eigenvalue weighted by Gasteiger charge is 2.30. The second kappa shape index (κ2) is 6.55. The third kappa shape index (κ3) is 3.43. The number of nitrogens with zero attached hydrogens (tertiary/aromatic N) is 4. The molecule has 27 heavy (non-hydrogen) atoms. The Labute approximate surface area is 156 Å². The zero-order chi connectivity index (χ0) is 19.0. The van der Waals surface area contributed by atoms with E-state index in [0.29, 0.717) is 22.5 Å². The number of hydrogen-bond acceptors (Lipinski definition) is 4. The van der Waals surface area contributed by atoms with Gasteiger partial charge in [0.2, 0.25) is 11.2 Å². The molecule has 2 aromatic heterocycles. The van der Waals surface area contributed by atoms with Gasteiger partial charge in [0.25, 0.3) is 0 Å². The Hall–Kier alpha value is -3.13. The monoisotopic (exact) mass is 390 g/mol. The summed E-state index contributed by atoms with van der Waals surface area (Å²) in [6, 6.07) is 15.0. The van der Waals surface area contributed by atoms with E-state index in [1.807, 2.05) is 0 Å². The Morgan fingerprint density at radius 3 is 2.56 bits per heavy atom. The second-order valence-electron chi connectivity index (χ2n) is 5.59. The first-order chi connectivity index (χ1) is 12.9. The zero-order valence-corrected chi connectivity index (χ0v) is 14.2. The highest BCUT2D eigenvalue weighted by molar-refractivity contribution is 6.28. The summed E-state index contributed by atoms with van der Waals surface area (Å²) in [5.74, 6) is 0.552. The van der Waals surface area contributed by atoms with E-state index < -0.39 is 11.7 Å². The van der Waals surface area contributed by atoms with Crippen LogP contribution < -0.4 is 4.74 Å². The molecule has 0 aliphatic carbocycles. The topological polar surface area (TPSA) is 52.3 Å². The molecule has 0 saturated carbocycles. The predicted octanol–water partition coefficient (Wildman–Crippen LogP) is 5.26. The summed E-state index contributed by atoms with van der Waals surface area (Å²) in [5, 5.41) is 11.8. The molecule has 4 rings (SSSR count). The van der Waals surface area contributed by atoms with Gasteiger partial charge in [-0.1, -0.05) is 30.3 Å². The average molecular weight is 391 g/mol. The van der Waals surface area contributed by atoms with Gasteiger partial charge in [0.05, 0.1) is 5.56 Å². The Morgan fingerprint density at radius 1 is 0.926 bits per heavy atom. The van der Waals surface area contributed by atoms with Crippen LogP contribution in [0.15, 0.2) is 60.7 Å². The fourth-order valence-corrected chi connectivity index (χ4v) is 2.73. The number of aromatic nitrogens is 4. The number of para-hydroxylation sites is 1. The number of ether oxygens (including phenoxy) is 1. The largest absolute Gasteiger partial charge is 0.437 e. The van der Waals surface area contributed by atoms with E-state index >= 15 is 0 Å². The van der Waals surface area contributed by atoms with Crippen molar-refractivity contribution in [2.45, 2.75) is 6.18 Å². The highest BCUT2D eigenvalue weighted by atomic mass is 35.5. The van der Waals surface area contributed by atoms with E-state index in [1.165, 1.54) is 10.6 Å². The molecule has 0 spiro atoms. The van der Waals surface area contributed by atoms with Gasteiger partial charge >= 0.3 is 6.18 Å². The molecule has 0 atom stereocenters. The first-order valence-corrected chi connectivity index (χ1v) is 8.12. The third-order valence-corrected chi connectivity index (χ3v) is 4.04. The number of alkyl halides is 3. The molecule has 0 saturated heterocycles. The van der Waals surface area contributed by atoms with E-state index in [1.54, 1.807) is 42.5 Å². The van der Waals surface area contributed by atoms with Gasteiger partial charge in [0, 0.05) is 11.6 Å². The van der Waals surface area contributed by atoms with Gasteiger partial charge in [0.1, 0.15) is 5.75 Å². The predicted molar refractivity (Wildman–Crippen MR) is 92.7 cm³/mol. The van der Waals surface area contributed by atoms with E-state index in [4.69, 9.17) is 16.3 Å². The Morgan fingerprint density at radius 2 is 1.74 bits per heavy atom. The van der Waals surface area contributed by atoms with Gasteiger partial charge in [-0.2, -0.15) is 17.7 Å². The van der Waals surface area contributed by atoms with Crippen LogP contribution in [0.4, 0.5) is 13.2 Å². The number of rotatable bonds is 3. The summed E-state index contributed by atoms with van der Waals surface area (Å²) < 4.78 is 46.1. The third-order valence-electron chi connectivity index (χ3n) is 3.80. The van der Waals surface area contributed by atoms with Gasteiger partial charge in [0.15, 0.2) is 5.65 Å². The maximum Gasteiger partial charge on any atom is 0.416 e. The average Bonchev–Trinajstić information content (AvgIpc) is 3.02. The number of halogens is 4. The second-order valence-corrected chi connectivity index (χ2v) is 5.93. The molecule has 0 unspecified atom stereocenters. The Bertz CT molecular complexity index is 1130. The molecule has 0 fully saturated rings. The summed E-state index contributed by atoms with van der Waals surface area (Å²) in [6.45, 7) is 0. The zero-order valence-electron chi connectivity index (χ0n) is 13.5. The molecule has 0 bridgehead atoms. The summed E-state index contributed by atoms with van der Waals surface area (Å²) in [5.41, 5.74) is 0.591. The van der Waals surface area contributed by atoms with Gasteiger partial charge in [-0.25, -0.2) is 0 Å². The summed E-state index contributed by atoms with van der Waals surface area (Å²) >= 11 is 5.90. The molecule has 0 aliphatic heterocycles. The molecular formula is C18H10ClF3N4O. The van der Waals surface area contributed by atoms with Gasteiger partial charge in [-0.05, 0) is 41.4 Å². The van der Waals surface area contributed by atoms with Gasteiger partial charge < -0.3 is 4.74 Å². The normalized spacial score (nSPS) is 11.7. The van der Waals surface area contributed by atoms with Crippen LogP contribution in [-0.4, -0.2) is 19.8 Å². The van der Waals surface area contributed by atoms with E-state index in [-0.39, 0.29) is 11.2 Å². The van der Waals surface area contributed by atoms with Crippen LogP contribution in [0.25, 0.3) is 16.8 Å². The Kier molecular flexibility index (Phi) is 4.19. The van der Waals surface area contributed by atoms with Crippen molar-refractivity contribution >= 4 is 17.2 Å². The van der Waals surface area contributed by atoms with Crippen molar-refractivity contribution in [3.8, 4) is 22.8 Å². The SMILES string of the molecule is FC(F)(F)c1cccc(-c2ccccc2Oc2ccc3nnc(Cl)n3n2)c1. The first-order valence-electron chi connectivity index (χ1n) is 7.74. The van der Waals surface area contributed by atoms with Gasteiger partial charge in [-0.3, -0.25) is 0 Å². The highest BCUT2D eigenvalue weighted by Crippen LogP contribution is 2.36. The lowest BCUT2D eigenvalue weighted by molar-refractivity contribution is -0.137. The minimum Gasteiger partial charge on any atom is -0.437 e. The maximum atomic E-state index is 13.0. The minimum absolute atomic E-state index is 0.0709. The van der Waals surface area contributed by atoms with Crippen LogP contribution in [-0.2, 0) is 6.18 Å². The molecule has 0 N–H and O–H groups in total. The summed E-state index contributed by atoms with van der Waals surface area (Å²) in [6.07, 6.45) is -4.43. The van der Waals surface area contributed by atoms with Crippen LogP contribution in [0.2, 0.25) is 5.28 Å². The number of fused-ring (bicyclic) bond motifs is 1. The van der Waals surface area contributed by atoms with Crippen LogP contribution in [0, 0.1) is 0 Å². The molecule has 2 heterocycles. The molecule has 136 valence electrons. The van der Waals surface area contributed by atoms with Crippen molar-refractivity contribution in [2.75, 3.05) is 0 Å². The molecule has 2 aromatic carbocycles. The number of hydrogen-bond donors (Lipinski definition) is 0. The number of benzene rings is 2. The van der Waals surface area contributed by atoms with Crippen molar-refractivity contribution in [2.24, 2.45) is 0 Å². The fraction of sp³-hybridized carbons (Fsp3) is 0.0556. The van der Waals surface area contributed by atoms with Crippen molar-refractivity contribution in [1.82, 2.24) is 19.8 Å². The standard InChI is InChI=1S/C18H10ClF3N4O/c19-17-24-23-15-8-9-16(25-26(15)17)27-14-7-2-1-6-13(14)11-4-3-5-12(10-11)18(20,21)22/h1-10H.